The highest BCUT2D eigenvalue weighted by molar-refractivity contribution is 5.98. The van der Waals surface area contributed by atoms with Crippen LogP contribution in [0.15, 0.2) is 42.5 Å². The molecule has 0 saturated carbocycles. The zero-order valence-corrected chi connectivity index (χ0v) is 14.4. The highest BCUT2D eigenvalue weighted by atomic mass is 19.4. The summed E-state index contributed by atoms with van der Waals surface area (Å²) in [6.45, 7) is 1.98. The van der Waals surface area contributed by atoms with Crippen LogP contribution in [-0.2, 0) is 15.7 Å². The Kier molecular flexibility index (Phi) is 5.07. The smallest absolute Gasteiger partial charge is 0.416 e. The molecule has 2 aromatic carbocycles. The van der Waals surface area contributed by atoms with Crippen molar-refractivity contribution < 1.29 is 32.2 Å². The Hall–Kier alpha value is -3.03. The molecule has 2 aromatic rings. The number of carbonyl (C=O) groups excluding carboxylic acids is 2. The van der Waals surface area contributed by atoms with Gasteiger partial charge in [-0.3, -0.25) is 4.79 Å². The minimum Gasteiger partial charge on any atom is -0.490 e. The first-order chi connectivity index (χ1) is 12.8. The van der Waals surface area contributed by atoms with Gasteiger partial charge in [0.1, 0.15) is 12.4 Å². The molecule has 5 nitrogen and oxygen atoms in total. The number of esters is 1. The molecule has 0 bridgehead atoms. The van der Waals surface area contributed by atoms with E-state index >= 15 is 0 Å². The van der Waals surface area contributed by atoms with Gasteiger partial charge in [0.25, 0.3) is 5.91 Å². The molecule has 0 atom stereocenters. The van der Waals surface area contributed by atoms with Gasteiger partial charge in [-0.1, -0.05) is 6.07 Å². The van der Waals surface area contributed by atoms with E-state index in [1.54, 1.807) is 12.1 Å². The van der Waals surface area contributed by atoms with Crippen LogP contribution in [0.25, 0.3) is 0 Å². The number of fused-ring (bicyclic) bond motifs is 1. The highest BCUT2D eigenvalue weighted by Crippen LogP contribution is 2.32. The Bertz CT molecular complexity index is 862. The second-order valence-corrected chi connectivity index (χ2v) is 6.02. The first kappa shape index (κ1) is 18.8. The topological polar surface area (TPSA) is 55.8 Å². The monoisotopic (exact) mass is 379 g/mol. The molecule has 1 amide bonds. The van der Waals surface area contributed by atoms with Gasteiger partial charge in [-0.15, -0.1) is 0 Å². The number of hydrogen-bond acceptors (Lipinski definition) is 4. The summed E-state index contributed by atoms with van der Waals surface area (Å²) >= 11 is 0. The first-order valence-electron chi connectivity index (χ1n) is 8.14. The number of aryl methyl sites for hydroxylation is 1. The van der Waals surface area contributed by atoms with E-state index in [0.29, 0.717) is 24.6 Å². The van der Waals surface area contributed by atoms with Gasteiger partial charge in [0.2, 0.25) is 0 Å². The van der Waals surface area contributed by atoms with Crippen LogP contribution in [0.1, 0.15) is 21.5 Å². The van der Waals surface area contributed by atoms with E-state index in [0.717, 1.165) is 29.8 Å². The standard InChI is InChI=1S/C19H16F3NO4/c1-12-2-7-16-15(10-12)23(8-9-26-16)17(24)11-27-18(25)13-3-5-14(6-4-13)19(20,21)22/h2-7,10H,8-9,11H2,1H3. The predicted octanol–water partition coefficient (Wildman–Crippen LogP) is 3.60. The van der Waals surface area contributed by atoms with Gasteiger partial charge in [-0.2, -0.15) is 13.2 Å². The summed E-state index contributed by atoms with van der Waals surface area (Å²) < 4.78 is 48.1. The zero-order valence-electron chi connectivity index (χ0n) is 14.4. The van der Waals surface area contributed by atoms with Gasteiger partial charge in [0.15, 0.2) is 6.61 Å². The van der Waals surface area contributed by atoms with E-state index in [2.05, 4.69) is 0 Å². The molecule has 1 heterocycles. The van der Waals surface area contributed by atoms with Gasteiger partial charge in [0, 0.05) is 0 Å². The van der Waals surface area contributed by atoms with Gasteiger partial charge < -0.3 is 14.4 Å². The number of anilines is 1. The molecule has 0 radical (unpaired) electrons. The van der Waals surface area contributed by atoms with E-state index in [4.69, 9.17) is 9.47 Å². The fourth-order valence-electron chi connectivity index (χ4n) is 2.67. The fraction of sp³-hybridized carbons (Fsp3) is 0.263. The normalized spacial score (nSPS) is 13.6. The molecular weight excluding hydrogens is 363 g/mol. The summed E-state index contributed by atoms with van der Waals surface area (Å²) in [7, 11) is 0. The molecule has 1 aliphatic rings. The van der Waals surface area contributed by atoms with Crippen LogP contribution >= 0.6 is 0 Å². The molecule has 3 rings (SSSR count). The van der Waals surface area contributed by atoms with Crippen LogP contribution in [0.3, 0.4) is 0 Å². The van der Waals surface area contributed by atoms with Crippen molar-refractivity contribution in [2.75, 3.05) is 24.7 Å². The number of carbonyl (C=O) groups is 2. The lowest BCUT2D eigenvalue weighted by Crippen LogP contribution is -2.40. The second kappa shape index (κ2) is 7.30. The number of rotatable bonds is 3. The summed E-state index contributed by atoms with van der Waals surface area (Å²) in [6, 6.07) is 9.03. The van der Waals surface area contributed by atoms with Gasteiger partial charge in [-0.05, 0) is 48.9 Å². The average molecular weight is 379 g/mol. The largest absolute Gasteiger partial charge is 0.490 e. The Labute approximate surface area is 153 Å². The molecule has 0 saturated heterocycles. The van der Waals surface area contributed by atoms with Crippen molar-refractivity contribution in [3.05, 3.63) is 59.2 Å². The fourth-order valence-corrected chi connectivity index (χ4v) is 2.67. The van der Waals surface area contributed by atoms with Crippen molar-refractivity contribution in [2.24, 2.45) is 0 Å². The molecule has 0 fully saturated rings. The number of hydrogen-bond donors (Lipinski definition) is 0. The van der Waals surface area contributed by atoms with Gasteiger partial charge in [-0.25, -0.2) is 4.79 Å². The minimum atomic E-state index is -4.49. The van der Waals surface area contributed by atoms with Crippen molar-refractivity contribution >= 4 is 17.6 Å². The number of amides is 1. The van der Waals surface area contributed by atoms with Crippen molar-refractivity contribution in [2.45, 2.75) is 13.1 Å². The quantitative estimate of drug-likeness (QED) is 0.765. The maximum atomic E-state index is 12.6. The lowest BCUT2D eigenvalue weighted by molar-refractivity contribution is -0.137. The lowest BCUT2D eigenvalue weighted by Gasteiger charge is -2.29. The summed E-state index contributed by atoms with van der Waals surface area (Å²) in [5.74, 6) is -0.741. The molecule has 27 heavy (non-hydrogen) atoms. The predicted molar refractivity (Wildman–Crippen MR) is 90.8 cm³/mol. The molecule has 0 N–H and O–H groups in total. The maximum absolute atomic E-state index is 12.6. The van der Waals surface area contributed by atoms with E-state index in [1.165, 1.54) is 4.90 Å². The number of ether oxygens (including phenoxy) is 2. The van der Waals surface area contributed by atoms with Gasteiger partial charge in [0.05, 0.1) is 23.4 Å². The van der Waals surface area contributed by atoms with Crippen LogP contribution in [-0.4, -0.2) is 31.6 Å². The highest BCUT2D eigenvalue weighted by Gasteiger charge is 2.30. The van der Waals surface area contributed by atoms with E-state index in [9.17, 15) is 22.8 Å². The molecule has 0 spiro atoms. The van der Waals surface area contributed by atoms with Crippen molar-refractivity contribution in [1.29, 1.82) is 0 Å². The van der Waals surface area contributed by atoms with E-state index < -0.39 is 30.2 Å². The zero-order chi connectivity index (χ0) is 19.6. The third-order valence-electron chi connectivity index (χ3n) is 4.05. The van der Waals surface area contributed by atoms with E-state index in [1.807, 2.05) is 13.0 Å². The Morgan fingerprint density at radius 1 is 1.15 bits per heavy atom. The molecule has 0 aromatic heterocycles. The molecular formula is C19H16F3NO4. The van der Waals surface area contributed by atoms with Crippen LogP contribution in [0.5, 0.6) is 5.75 Å². The molecule has 1 aliphatic heterocycles. The van der Waals surface area contributed by atoms with E-state index in [-0.39, 0.29) is 5.56 Å². The van der Waals surface area contributed by atoms with Crippen LogP contribution < -0.4 is 9.64 Å². The second-order valence-electron chi connectivity index (χ2n) is 6.02. The van der Waals surface area contributed by atoms with Crippen LogP contribution in [0.4, 0.5) is 18.9 Å². The average Bonchev–Trinajstić information content (AvgIpc) is 2.64. The first-order valence-corrected chi connectivity index (χ1v) is 8.14. The SMILES string of the molecule is Cc1ccc2c(c1)N(C(=O)COC(=O)c1ccc(C(F)(F)F)cc1)CCO2. The number of halogens is 3. The number of benzene rings is 2. The maximum Gasteiger partial charge on any atom is 0.416 e. The number of nitrogens with zero attached hydrogens (tertiary/aromatic N) is 1. The summed E-state index contributed by atoms with van der Waals surface area (Å²) in [5.41, 5.74) is 0.611. The molecule has 0 unspecified atom stereocenters. The third kappa shape index (κ3) is 4.21. The Morgan fingerprint density at radius 3 is 2.52 bits per heavy atom. The Morgan fingerprint density at radius 2 is 1.85 bits per heavy atom. The van der Waals surface area contributed by atoms with Crippen molar-refractivity contribution in [3.8, 4) is 5.75 Å². The Balaban J connectivity index is 1.65. The third-order valence-corrected chi connectivity index (χ3v) is 4.05. The van der Waals surface area contributed by atoms with Gasteiger partial charge >= 0.3 is 12.1 Å². The summed E-state index contributed by atoms with van der Waals surface area (Å²) in [6.07, 6.45) is -4.49. The molecule has 0 aliphatic carbocycles. The summed E-state index contributed by atoms with van der Waals surface area (Å²) in [5, 5.41) is 0. The molecule has 142 valence electrons. The summed E-state index contributed by atoms with van der Waals surface area (Å²) in [4.78, 5) is 25.9. The van der Waals surface area contributed by atoms with Crippen LogP contribution in [0.2, 0.25) is 0 Å². The molecule has 8 heteroatoms. The lowest BCUT2D eigenvalue weighted by atomic mass is 10.1. The van der Waals surface area contributed by atoms with Crippen molar-refractivity contribution in [3.63, 3.8) is 0 Å². The minimum absolute atomic E-state index is 0.0611. The number of alkyl halides is 3. The van der Waals surface area contributed by atoms with Crippen LogP contribution in [0, 0.1) is 6.92 Å². The van der Waals surface area contributed by atoms with Crippen molar-refractivity contribution in [1.82, 2.24) is 0 Å².